The number of hydrogen-bond acceptors (Lipinski definition) is 3. The number of alkyl halides is 1. The largest absolute Gasteiger partial charge is 0.322 e. The summed E-state index contributed by atoms with van der Waals surface area (Å²) in [4.78, 5) is 8.71. The van der Waals surface area contributed by atoms with Gasteiger partial charge in [0.15, 0.2) is 0 Å². The second-order valence-corrected chi connectivity index (χ2v) is 5.60. The molecule has 3 aromatic heterocycles. The van der Waals surface area contributed by atoms with Crippen LogP contribution in [0, 0.1) is 6.92 Å². The van der Waals surface area contributed by atoms with Gasteiger partial charge in [0.05, 0.1) is 29.3 Å². The molecule has 0 amide bonds. The highest BCUT2D eigenvalue weighted by Gasteiger charge is 2.16. The van der Waals surface area contributed by atoms with Crippen LogP contribution in [0.3, 0.4) is 0 Å². The molecule has 0 saturated carbocycles. The molecule has 1 atom stereocenters. The average molecular weight is 290 g/mol. The van der Waals surface area contributed by atoms with Gasteiger partial charge in [0.1, 0.15) is 11.3 Å². The van der Waals surface area contributed by atoms with Gasteiger partial charge in [-0.05, 0) is 19.9 Å². The lowest BCUT2D eigenvalue weighted by Gasteiger charge is -2.09. The Morgan fingerprint density at radius 3 is 2.85 bits per heavy atom. The predicted octanol–water partition coefficient (Wildman–Crippen LogP) is 2.82. The zero-order valence-electron chi connectivity index (χ0n) is 11.7. The first-order valence-corrected chi connectivity index (χ1v) is 6.93. The summed E-state index contributed by atoms with van der Waals surface area (Å²) in [6, 6.07) is 1.97. The summed E-state index contributed by atoms with van der Waals surface area (Å²) in [6.45, 7) is 4.66. The fraction of sp³-hybridized carbons (Fsp3) is 0.357. The summed E-state index contributed by atoms with van der Waals surface area (Å²) < 4.78 is 3.97. The van der Waals surface area contributed by atoms with Gasteiger partial charge >= 0.3 is 0 Å². The molecule has 3 aromatic rings. The van der Waals surface area contributed by atoms with E-state index in [1.807, 2.05) is 37.8 Å². The molecular weight excluding hydrogens is 274 g/mol. The van der Waals surface area contributed by atoms with Crippen LogP contribution in [-0.2, 0) is 13.6 Å². The fourth-order valence-electron chi connectivity index (χ4n) is 2.44. The highest BCUT2D eigenvalue weighted by atomic mass is 35.5. The normalized spacial score (nSPS) is 13.0. The number of hydrogen-bond donors (Lipinski definition) is 0. The Morgan fingerprint density at radius 1 is 1.40 bits per heavy atom. The van der Waals surface area contributed by atoms with E-state index in [0.717, 1.165) is 22.6 Å². The van der Waals surface area contributed by atoms with Crippen molar-refractivity contribution in [2.75, 3.05) is 0 Å². The minimum absolute atomic E-state index is 0.153. The highest BCUT2D eigenvalue weighted by Crippen LogP contribution is 2.25. The van der Waals surface area contributed by atoms with Gasteiger partial charge in [-0.3, -0.25) is 9.67 Å². The third-order valence-electron chi connectivity index (χ3n) is 3.38. The topological polar surface area (TPSA) is 48.5 Å². The van der Waals surface area contributed by atoms with E-state index in [-0.39, 0.29) is 5.38 Å². The van der Waals surface area contributed by atoms with Crippen LogP contribution in [0.2, 0.25) is 0 Å². The van der Waals surface area contributed by atoms with Gasteiger partial charge < -0.3 is 4.57 Å². The molecule has 0 bridgehead atoms. The summed E-state index contributed by atoms with van der Waals surface area (Å²) in [5, 5.41) is 4.23. The van der Waals surface area contributed by atoms with E-state index in [0.29, 0.717) is 6.54 Å². The number of pyridine rings is 1. The average Bonchev–Trinajstić information content (AvgIpc) is 2.91. The van der Waals surface area contributed by atoms with Crippen molar-refractivity contribution in [1.29, 1.82) is 0 Å². The molecule has 0 saturated heterocycles. The molecule has 0 spiro atoms. The zero-order valence-corrected chi connectivity index (χ0v) is 12.5. The molecule has 6 heteroatoms. The zero-order chi connectivity index (χ0) is 14.3. The second-order valence-electron chi connectivity index (χ2n) is 4.95. The molecule has 0 aromatic carbocycles. The number of aryl methyl sites for hydroxylation is 2. The Labute approximate surface area is 122 Å². The molecule has 0 aliphatic heterocycles. The molecule has 0 fully saturated rings. The van der Waals surface area contributed by atoms with E-state index < -0.39 is 0 Å². The Balaban J connectivity index is 2.14. The van der Waals surface area contributed by atoms with E-state index in [1.54, 1.807) is 12.4 Å². The minimum Gasteiger partial charge on any atom is -0.322 e. The first kappa shape index (κ1) is 13.1. The lowest BCUT2D eigenvalue weighted by atomic mass is 10.2. The standard InChI is InChI=1S/C14H16ClN5/c1-9(15)14-17-12-6-16-5-4-13(12)20(14)8-11-7-19(3)18-10(11)2/h4-7,9H,8H2,1-3H3. The lowest BCUT2D eigenvalue weighted by Crippen LogP contribution is -2.06. The van der Waals surface area contributed by atoms with Crippen molar-refractivity contribution in [2.45, 2.75) is 25.8 Å². The van der Waals surface area contributed by atoms with E-state index in [1.165, 1.54) is 5.56 Å². The fourth-order valence-corrected chi connectivity index (χ4v) is 2.61. The summed E-state index contributed by atoms with van der Waals surface area (Å²) >= 11 is 6.27. The van der Waals surface area contributed by atoms with Crippen molar-refractivity contribution in [1.82, 2.24) is 24.3 Å². The Bertz CT molecular complexity index is 756. The maximum absolute atomic E-state index is 6.27. The van der Waals surface area contributed by atoms with E-state index >= 15 is 0 Å². The van der Waals surface area contributed by atoms with Crippen LogP contribution in [0.15, 0.2) is 24.7 Å². The molecule has 0 aliphatic rings. The van der Waals surface area contributed by atoms with Crippen molar-refractivity contribution >= 4 is 22.6 Å². The van der Waals surface area contributed by atoms with Crippen LogP contribution in [0.1, 0.15) is 29.4 Å². The molecule has 20 heavy (non-hydrogen) atoms. The van der Waals surface area contributed by atoms with Crippen molar-refractivity contribution < 1.29 is 0 Å². The Morgan fingerprint density at radius 2 is 2.20 bits per heavy atom. The molecule has 3 rings (SSSR count). The summed E-state index contributed by atoms with van der Waals surface area (Å²) in [7, 11) is 1.93. The van der Waals surface area contributed by atoms with E-state index in [9.17, 15) is 0 Å². The third-order valence-corrected chi connectivity index (χ3v) is 3.57. The first-order valence-electron chi connectivity index (χ1n) is 6.49. The van der Waals surface area contributed by atoms with Gasteiger partial charge in [0.25, 0.3) is 0 Å². The smallest absolute Gasteiger partial charge is 0.128 e. The van der Waals surface area contributed by atoms with Crippen molar-refractivity contribution in [2.24, 2.45) is 7.05 Å². The minimum atomic E-state index is -0.153. The number of halogens is 1. The Hall–Kier alpha value is -1.88. The number of aromatic nitrogens is 5. The second kappa shape index (κ2) is 4.90. The predicted molar refractivity (Wildman–Crippen MR) is 78.8 cm³/mol. The van der Waals surface area contributed by atoms with Gasteiger partial charge in [-0.1, -0.05) is 0 Å². The van der Waals surface area contributed by atoms with Crippen LogP contribution in [-0.4, -0.2) is 24.3 Å². The number of nitrogens with zero attached hydrogens (tertiary/aromatic N) is 5. The maximum Gasteiger partial charge on any atom is 0.128 e. The summed E-state index contributed by atoms with van der Waals surface area (Å²) in [5.74, 6) is 0.859. The molecule has 0 radical (unpaired) electrons. The summed E-state index contributed by atoms with van der Waals surface area (Å²) in [5.41, 5.74) is 4.11. The van der Waals surface area contributed by atoms with Crippen LogP contribution in [0.5, 0.6) is 0 Å². The van der Waals surface area contributed by atoms with Crippen LogP contribution >= 0.6 is 11.6 Å². The molecule has 0 aliphatic carbocycles. The number of fused-ring (bicyclic) bond motifs is 1. The van der Waals surface area contributed by atoms with Gasteiger partial charge in [0.2, 0.25) is 0 Å². The van der Waals surface area contributed by atoms with Gasteiger partial charge in [-0.25, -0.2) is 4.98 Å². The molecule has 3 heterocycles. The molecular formula is C14H16ClN5. The van der Waals surface area contributed by atoms with Crippen molar-refractivity contribution in [3.63, 3.8) is 0 Å². The van der Waals surface area contributed by atoms with E-state index in [4.69, 9.17) is 11.6 Å². The molecule has 1 unspecified atom stereocenters. The third kappa shape index (κ3) is 2.18. The molecule has 104 valence electrons. The van der Waals surface area contributed by atoms with Crippen LogP contribution < -0.4 is 0 Å². The quantitative estimate of drug-likeness (QED) is 0.697. The monoisotopic (exact) mass is 289 g/mol. The lowest BCUT2D eigenvalue weighted by molar-refractivity contribution is 0.737. The SMILES string of the molecule is Cc1nn(C)cc1Cn1c(C(C)Cl)nc2cnccc21. The highest BCUT2D eigenvalue weighted by molar-refractivity contribution is 6.20. The number of rotatable bonds is 3. The Kier molecular flexibility index (Phi) is 3.22. The molecule has 0 N–H and O–H groups in total. The first-order chi connectivity index (χ1) is 9.56. The van der Waals surface area contributed by atoms with Crippen molar-refractivity contribution in [3.05, 3.63) is 41.7 Å². The number of imidazole rings is 1. The van der Waals surface area contributed by atoms with Gasteiger partial charge in [0, 0.05) is 25.0 Å². The van der Waals surface area contributed by atoms with E-state index in [2.05, 4.69) is 19.6 Å². The van der Waals surface area contributed by atoms with Crippen LogP contribution in [0.25, 0.3) is 11.0 Å². The van der Waals surface area contributed by atoms with Gasteiger partial charge in [-0.2, -0.15) is 5.10 Å². The molecule has 5 nitrogen and oxygen atoms in total. The van der Waals surface area contributed by atoms with Crippen molar-refractivity contribution in [3.8, 4) is 0 Å². The van der Waals surface area contributed by atoms with Crippen LogP contribution in [0.4, 0.5) is 0 Å². The maximum atomic E-state index is 6.27. The van der Waals surface area contributed by atoms with Gasteiger partial charge in [-0.15, -0.1) is 11.6 Å². The summed E-state index contributed by atoms with van der Waals surface area (Å²) in [6.07, 6.45) is 5.58.